The number of rotatable bonds is 8. The largest absolute Gasteiger partial charge is 0.496 e. The summed E-state index contributed by atoms with van der Waals surface area (Å²) in [5.74, 6) is 0.984. The van der Waals surface area contributed by atoms with Crippen molar-refractivity contribution in [3.8, 4) is 11.5 Å². The molecule has 0 fully saturated rings. The van der Waals surface area contributed by atoms with Crippen LogP contribution in [0.25, 0.3) is 0 Å². The number of para-hydroxylation sites is 2. The molecule has 0 N–H and O–H groups in total. The van der Waals surface area contributed by atoms with Gasteiger partial charge in [0.15, 0.2) is 0 Å². The summed E-state index contributed by atoms with van der Waals surface area (Å²) in [4.78, 5) is 1.11. The van der Waals surface area contributed by atoms with Gasteiger partial charge in [-0.05, 0) is 29.6 Å². The van der Waals surface area contributed by atoms with Crippen LogP contribution >= 0.6 is 11.3 Å². The lowest BCUT2D eigenvalue weighted by molar-refractivity contribution is 0.371. The lowest BCUT2D eigenvalue weighted by Crippen LogP contribution is -2.30. The zero-order valence-electron chi connectivity index (χ0n) is 15.2. The van der Waals surface area contributed by atoms with Crippen molar-refractivity contribution in [3.05, 3.63) is 76.5 Å². The van der Waals surface area contributed by atoms with Gasteiger partial charge in [-0.3, -0.25) is 0 Å². The van der Waals surface area contributed by atoms with Crippen molar-refractivity contribution in [3.63, 3.8) is 0 Å². The number of ether oxygens (including phenoxy) is 2. The van der Waals surface area contributed by atoms with Crippen molar-refractivity contribution in [2.24, 2.45) is 0 Å². The third-order valence-electron chi connectivity index (χ3n) is 4.14. The second-order valence-corrected chi connectivity index (χ2v) is 8.75. The zero-order valence-corrected chi connectivity index (χ0v) is 16.8. The summed E-state index contributed by atoms with van der Waals surface area (Å²) >= 11 is 1.52. The van der Waals surface area contributed by atoms with Crippen molar-refractivity contribution in [1.82, 2.24) is 4.31 Å². The number of thiophene rings is 1. The van der Waals surface area contributed by atoms with Crippen LogP contribution in [0.4, 0.5) is 0 Å². The molecular formula is C20H21NO4S2. The first kappa shape index (κ1) is 19.4. The molecule has 1 aromatic heterocycles. The fourth-order valence-corrected chi connectivity index (χ4v) is 5.15. The van der Waals surface area contributed by atoms with Gasteiger partial charge < -0.3 is 9.47 Å². The maximum atomic E-state index is 13.5. The molecule has 3 rings (SSSR count). The highest BCUT2D eigenvalue weighted by Gasteiger charge is 2.29. The maximum absolute atomic E-state index is 13.5. The molecule has 0 saturated carbocycles. The minimum absolute atomic E-state index is 0.152. The average Bonchev–Trinajstić information content (AvgIpc) is 3.21. The quantitative estimate of drug-likeness (QED) is 0.567. The molecule has 0 atom stereocenters. The minimum atomic E-state index is -3.78. The summed E-state index contributed by atoms with van der Waals surface area (Å²) in [6.07, 6.45) is 0. The molecule has 7 heteroatoms. The van der Waals surface area contributed by atoms with Crippen LogP contribution in [0.1, 0.15) is 10.4 Å². The number of sulfonamides is 1. The van der Waals surface area contributed by atoms with E-state index in [-0.39, 0.29) is 18.0 Å². The Kier molecular flexibility index (Phi) is 6.15. The Morgan fingerprint density at radius 3 is 2.19 bits per heavy atom. The molecule has 0 spiro atoms. The van der Waals surface area contributed by atoms with Crippen LogP contribution < -0.4 is 9.47 Å². The Hall–Kier alpha value is -2.35. The van der Waals surface area contributed by atoms with Gasteiger partial charge in [0.05, 0.1) is 14.2 Å². The topological polar surface area (TPSA) is 55.8 Å². The van der Waals surface area contributed by atoms with E-state index in [1.165, 1.54) is 22.8 Å². The molecular weight excluding hydrogens is 382 g/mol. The van der Waals surface area contributed by atoms with Crippen LogP contribution in [0.3, 0.4) is 0 Å². The van der Waals surface area contributed by atoms with Gasteiger partial charge in [-0.2, -0.15) is 4.31 Å². The van der Waals surface area contributed by atoms with Crippen LogP contribution in [0.15, 0.2) is 70.9 Å². The summed E-state index contributed by atoms with van der Waals surface area (Å²) in [5.41, 5.74) is 0.801. The summed E-state index contributed by atoms with van der Waals surface area (Å²) in [5, 5.41) is 1.94. The lowest BCUT2D eigenvalue weighted by Gasteiger charge is -2.23. The van der Waals surface area contributed by atoms with Gasteiger partial charge in [0.25, 0.3) is 0 Å². The summed E-state index contributed by atoms with van der Waals surface area (Å²) in [6, 6.07) is 17.9. The fourth-order valence-electron chi connectivity index (χ4n) is 2.80. The molecule has 0 bridgehead atoms. The lowest BCUT2D eigenvalue weighted by atomic mass is 10.2. The number of hydrogen-bond acceptors (Lipinski definition) is 5. The molecule has 0 amide bonds. The highest BCUT2D eigenvalue weighted by molar-refractivity contribution is 7.89. The van der Waals surface area contributed by atoms with E-state index < -0.39 is 10.0 Å². The van der Waals surface area contributed by atoms with E-state index in [1.54, 1.807) is 31.4 Å². The molecule has 0 unspecified atom stereocenters. The van der Waals surface area contributed by atoms with E-state index in [2.05, 4.69) is 0 Å². The van der Waals surface area contributed by atoms with E-state index in [4.69, 9.17) is 9.47 Å². The van der Waals surface area contributed by atoms with Gasteiger partial charge >= 0.3 is 0 Å². The minimum Gasteiger partial charge on any atom is -0.496 e. The number of nitrogens with zero attached hydrogens (tertiary/aromatic N) is 1. The summed E-state index contributed by atoms with van der Waals surface area (Å²) in [6.45, 7) is 0.471. The normalized spacial score (nSPS) is 11.5. The second-order valence-electron chi connectivity index (χ2n) is 5.82. The van der Waals surface area contributed by atoms with Gasteiger partial charge in [0.1, 0.15) is 16.4 Å². The molecule has 2 aromatic carbocycles. The van der Waals surface area contributed by atoms with Crippen LogP contribution in [0, 0.1) is 0 Å². The number of benzene rings is 2. The third-order valence-corrected chi connectivity index (χ3v) is 6.83. The van der Waals surface area contributed by atoms with Gasteiger partial charge in [0, 0.05) is 23.5 Å². The van der Waals surface area contributed by atoms with Crippen molar-refractivity contribution in [2.75, 3.05) is 14.2 Å². The van der Waals surface area contributed by atoms with Crippen molar-refractivity contribution >= 4 is 21.4 Å². The molecule has 5 nitrogen and oxygen atoms in total. The average molecular weight is 404 g/mol. The van der Waals surface area contributed by atoms with Crippen molar-refractivity contribution in [2.45, 2.75) is 18.0 Å². The predicted octanol–water partition coefficient (Wildman–Crippen LogP) is 4.16. The zero-order chi connectivity index (χ0) is 19.3. The molecule has 142 valence electrons. The molecule has 3 aromatic rings. The predicted molar refractivity (Wildman–Crippen MR) is 107 cm³/mol. The monoisotopic (exact) mass is 403 g/mol. The van der Waals surface area contributed by atoms with E-state index in [0.29, 0.717) is 11.5 Å². The fraction of sp³-hybridized carbons (Fsp3) is 0.200. The van der Waals surface area contributed by atoms with E-state index in [9.17, 15) is 8.42 Å². The first-order valence-electron chi connectivity index (χ1n) is 8.33. The smallest absolute Gasteiger partial charge is 0.247 e. The number of methoxy groups -OCH3 is 2. The second kappa shape index (κ2) is 8.56. The Labute approximate surface area is 163 Å². The number of hydrogen-bond donors (Lipinski definition) is 0. The molecule has 0 aliphatic carbocycles. The van der Waals surface area contributed by atoms with Crippen molar-refractivity contribution in [1.29, 1.82) is 0 Å². The van der Waals surface area contributed by atoms with E-state index in [1.807, 2.05) is 41.8 Å². The summed E-state index contributed by atoms with van der Waals surface area (Å²) in [7, 11) is -0.733. The Morgan fingerprint density at radius 2 is 1.52 bits per heavy atom. The first-order valence-corrected chi connectivity index (χ1v) is 10.7. The van der Waals surface area contributed by atoms with Gasteiger partial charge in [-0.25, -0.2) is 8.42 Å². The molecule has 0 aliphatic rings. The SMILES string of the molecule is COc1ccccc1CN(Cc1cccs1)S(=O)(=O)c1ccccc1OC. The molecule has 1 heterocycles. The first-order chi connectivity index (χ1) is 13.1. The Bertz CT molecular complexity index is 985. The van der Waals surface area contributed by atoms with Gasteiger partial charge in [0.2, 0.25) is 10.0 Å². The maximum Gasteiger partial charge on any atom is 0.247 e. The van der Waals surface area contributed by atoms with Gasteiger partial charge in [-0.15, -0.1) is 11.3 Å². The van der Waals surface area contributed by atoms with Crippen LogP contribution in [-0.2, 0) is 23.1 Å². The molecule has 0 radical (unpaired) electrons. The molecule has 27 heavy (non-hydrogen) atoms. The van der Waals surface area contributed by atoms with Crippen LogP contribution in [0.5, 0.6) is 11.5 Å². The standard InChI is InChI=1S/C20H21NO4S2/c1-24-18-10-4-3-8-16(18)14-21(15-17-9-7-13-26-17)27(22,23)20-12-6-5-11-19(20)25-2/h3-13H,14-15H2,1-2H3. The third kappa shape index (κ3) is 4.32. The summed E-state index contributed by atoms with van der Waals surface area (Å²) < 4.78 is 39.0. The van der Waals surface area contributed by atoms with E-state index >= 15 is 0 Å². The van der Waals surface area contributed by atoms with Gasteiger partial charge in [-0.1, -0.05) is 36.4 Å². The Morgan fingerprint density at radius 1 is 0.852 bits per heavy atom. The molecule has 0 aliphatic heterocycles. The van der Waals surface area contributed by atoms with Crippen LogP contribution in [0.2, 0.25) is 0 Å². The highest BCUT2D eigenvalue weighted by atomic mass is 32.2. The van der Waals surface area contributed by atoms with E-state index in [0.717, 1.165) is 10.4 Å². The highest BCUT2D eigenvalue weighted by Crippen LogP contribution is 2.30. The Balaban J connectivity index is 2.03. The van der Waals surface area contributed by atoms with Crippen LogP contribution in [-0.4, -0.2) is 26.9 Å². The molecule has 0 saturated heterocycles. The van der Waals surface area contributed by atoms with Crippen molar-refractivity contribution < 1.29 is 17.9 Å².